The molecule has 6 nitrogen and oxygen atoms in total. The lowest BCUT2D eigenvalue weighted by Crippen LogP contribution is -2.43. The van der Waals surface area contributed by atoms with Crippen molar-refractivity contribution in [3.05, 3.63) is 17.8 Å². The monoisotopic (exact) mass is 380 g/mol. The van der Waals surface area contributed by atoms with Crippen molar-refractivity contribution in [1.29, 1.82) is 0 Å². The molecule has 154 valence electrons. The first-order valence-corrected chi connectivity index (χ1v) is 10.1. The van der Waals surface area contributed by atoms with Crippen LogP contribution < -0.4 is 10.1 Å². The number of hydrogen-bond donors (Lipinski definition) is 1. The number of carbonyl (C=O) groups excluding carboxylic acids is 1. The van der Waals surface area contributed by atoms with Gasteiger partial charge in [-0.3, -0.25) is 4.79 Å². The van der Waals surface area contributed by atoms with Crippen LogP contribution in [-0.4, -0.2) is 42.9 Å². The number of aryl methyl sites for hydroxylation is 1. The van der Waals surface area contributed by atoms with Gasteiger partial charge in [-0.1, -0.05) is 33.1 Å². The molecule has 0 aliphatic carbocycles. The molecule has 1 aromatic rings. The van der Waals surface area contributed by atoms with Crippen molar-refractivity contribution in [2.24, 2.45) is 0 Å². The van der Waals surface area contributed by atoms with Crippen molar-refractivity contribution in [1.82, 2.24) is 4.98 Å². The van der Waals surface area contributed by atoms with Gasteiger partial charge in [-0.05, 0) is 39.7 Å². The number of unbranched alkanes of at least 4 members (excludes halogenated alkanes) is 2. The second-order valence-electron chi connectivity index (χ2n) is 6.88. The third kappa shape index (κ3) is 8.26. The Labute approximate surface area is 164 Å². The van der Waals surface area contributed by atoms with Crippen LogP contribution in [0.3, 0.4) is 0 Å². The topological polar surface area (TPSA) is 69.7 Å². The smallest absolute Gasteiger partial charge is 0.256 e. The zero-order valence-electron chi connectivity index (χ0n) is 17.6. The first-order chi connectivity index (χ1) is 13.0. The molecule has 1 atom stereocenters. The minimum Gasteiger partial charge on any atom is -0.475 e. The maximum absolute atomic E-state index is 12.9. The summed E-state index contributed by atoms with van der Waals surface area (Å²) in [6.07, 6.45) is 6.37. The highest BCUT2D eigenvalue weighted by atomic mass is 16.5. The van der Waals surface area contributed by atoms with Gasteiger partial charge in [0.15, 0.2) is 0 Å². The van der Waals surface area contributed by atoms with E-state index in [0.717, 1.165) is 31.2 Å². The second kappa shape index (κ2) is 12.7. The van der Waals surface area contributed by atoms with Crippen LogP contribution in [0.15, 0.2) is 12.3 Å². The molecule has 1 unspecified atom stereocenters. The Morgan fingerprint density at radius 2 is 1.93 bits per heavy atom. The number of ether oxygens (including phenoxy) is 3. The molecule has 0 spiro atoms. The fourth-order valence-corrected chi connectivity index (χ4v) is 2.68. The van der Waals surface area contributed by atoms with Crippen molar-refractivity contribution < 1.29 is 19.0 Å². The first-order valence-electron chi connectivity index (χ1n) is 10.1. The van der Waals surface area contributed by atoms with E-state index >= 15 is 0 Å². The molecule has 27 heavy (non-hydrogen) atoms. The Bertz CT molecular complexity index is 565. The fraction of sp³-hybridized carbons (Fsp3) is 0.714. The number of nitrogens with one attached hydrogen (secondary N) is 1. The number of nitrogens with zero attached hydrogens (tertiary/aromatic N) is 1. The quantitative estimate of drug-likeness (QED) is 0.481. The summed E-state index contributed by atoms with van der Waals surface area (Å²) in [5.74, 6) is 0.430. The molecule has 0 saturated heterocycles. The Kier molecular flexibility index (Phi) is 11.0. The number of amides is 1. The van der Waals surface area contributed by atoms with Crippen molar-refractivity contribution >= 4 is 11.6 Å². The van der Waals surface area contributed by atoms with Gasteiger partial charge >= 0.3 is 0 Å². The van der Waals surface area contributed by atoms with Gasteiger partial charge in [0, 0.05) is 18.8 Å². The highest BCUT2D eigenvalue weighted by Gasteiger charge is 2.33. The number of rotatable bonds is 14. The van der Waals surface area contributed by atoms with Crippen molar-refractivity contribution in [3.8, 4) is 5.88 Å². The van der Waals surface area contributed by atoms with E-state index in [2.05, 4.69) is 17.2 Å². The Balaban J connectivity index is 2.72. The van der Waals surface area contributed by atoms with Crippen LogP contribution >= 0.6 is 0 Å². The van der Waals surface area contributed by atoms with E-state index < -0.39 is 5.60 Å². The molecule has 0 saturated carbocycles. The molecule has 1 N–H and O–H groups in total. The molecule has 0 aliphatic heterocycles. The highest BCUT2D eigenvalue weighted by molar-refractivity contribution is 5.97. The third-order valence-electron chi connectivity index (χ3n) is 4.32. The van der Waals surface area contributed by atoms with Gasteiger partial charge in [0.05, 0.1) is 18.5 Å². The first kappa shape index (κ1) is 23.4. The highest BCUT2D eigenvalue weighted by Crippen LogP contribution is 2.24. The largest absolute Gasteiger partial charge is 0.475 e. The van der Waals surface area contributed by atoms with E-state index in [0.29, 0.717) is 44.4 Å². The van der Waals surface area contributed by atoms with E-state index in [9.17, 15) is 4.79 Å². The fourth-order valence-electron chi connectivity index (χ4n) is 2.68. The standard InChI is InChI=1S/C21H36N2O4/c1-6-9-10-11-21(5,27-12-7-2)20(24)23-18-15-17(4)19(22-16-18)26-14-13-25-8-3/h15-16H,6-14H2,1-5H3,(H,23,24). The van der Waals surface area contributed by atoms with Crippen LogP contribution in [0.4, 0.5) is 5.69 Å². The molecule has 0 aliphatic rings. The molecular formula is C21H36N2O4. The minimum atomic E-state index is -0.828. The number of aromatic nitrogens is 1. The summed E-state index contributed by atoms with van der Waals surface area (Å²) in [5, 5.41) is 2.96. The Morgan fingerprint density at radius 1 is 1.15 bits per heavy atom. The van der Waals surface area contributed by atoms with E-state index in [1.165, 1.54) is 0 Å². The lowest BCUT2D eigenvalue weighted by molar-refractivity contribution is -0.140. The maximum Gasteiger partial charge on any atom is 0.256 e. The van der Waals surface area contributed by atoms with Crippen molar-refractivity contribution in [2.75, 3.05) is 31.7 Å². The van der Waals surface area contributed by atoms with Crippen molar-refractivity contribution in [2.45, 2.75) is 72.3 Å². The molecule has 1 amide bonds. The van der Waals surface area contributed by atoms with Crippen LogP contribution in [0.2, 0.25) is 0 Å². The lowest BCUT2D eigenvalue weighted by atomic mass is 9.96. The number of pyridine rings is 1. The Hall–Kier alpha value is -1.66. The molecule has 1 rings (SSSR count). The van der Waals surface area contributed by atoms with E-state index in [1.54, 1.807) is 6.20 Å². The lowest BCUT2D eigenvalue weighted by Gasteiger charge is -2.28. The summed E-state index contributed by atoms with van der Waals surface area (Å²) in [4.78, 5) is 17.2. The maximum atomic E-state index is 12.9. The van der Waals surface area contributed by atoms with Crippen LogP contribution in [0, 0.1) is 6.92 Å². The van der Waals surface area contributed by atoms with Crippen LogP contribution in [-0.2, 0) is 14.3 Å². The van der Waals surface area contributed by atoms with Crippen LogP contribution in [0.5, 0.6) is 5.88 Å². The molecule has 0 fully saturated rings. The predicted molar refractivity (Wildman–Crippen MR) is 108 cm³/mol. The average Bonchev–Trinajstić information content (AvgIpc) is 2.65. The van der Waals surface area contributed by atoms with Crippen LogP contribution in [0.1, 0.15) is 65.4 Å². The minimum absolute atomic E-state index is 0.127. The third-order valence-corrected chi connectivity index (χ3v) is 4.32. The summed E-state index contributed by atoms with van der Waals surface area (Å²) in [6.45, 7) is 12.1. The van der Waals surface area contributed by atoms with E-state index in [4.69, 9.17) is 14.2 Å². The van der Waals surface area contributed by atoms with Gasteiger partial charge in [-0.15, -0.1) is 0 Å². The van der Waals surface area contributed by atoms with E-state index in [-0.39, 0.29) is 5.91 Å². The number of anilines is 1. The molecule has 0 bridgehead atoms. The van der Waals surface area contributed by atoms with Gasteiger partial charge in [0.1, 0.15) is 12.2 Å². The van der Waals surface area contributed by atoms with Gasteiger partial charge in [-0.25, -0.2) is 4.98 Å². The SMILES string of the molecule is CCCCCC(C)(OCCC)C(=O)Nc1cnc(OCCOCC)c(C)c1. The predicted octanol–water partition coefficient (Wildman–Crippen LogP) is 4.51. The molecule has 0 radical (unpaired) electrons. The van der Waals surface area contributed by atoms with Crippen LogP contribution in [0.25, 0.3) is 0 Å². The number of carbonyl (C=O) groups is 1. The van der Waals surface area contributed by atoms with Gasteiger partial charge < -0.3 is 19.5 Å². The molecule has 1 aromatic heterocycles. The Morgan fingerprint density at radius 3 is 2.56 bits per heavy atom. The van der Waals surface area contributed by atoms with Crippen molar-refractivity contribution in [3.63, 3.8) is 0 Å². The molecule has 0 aromatic carbocycles. The average molecular weight is 381 g/mol. The number of hydrogen-bond acceptors (Lipinski definition) is 5. The van der Waals surface area contributed by atoms with Gasteiger partial charge in [0.25, 0.3) is 5.91 Å². The molecular weight excluding hydrogens is 344 g/mol. The molecule has 1 heterocycles. The normalized spacial score (nSPS) is 13.2. The summed E-state index contributed by atoms with van der Waals surface area (Å²) in [5.41, 5.74) is 0.689. The zero-order valence-corrected chi connectivity index (χ0v) is 17.6. The summed E-state index contributed by atoms with van der Waals surface area (Å²) in [6, 6.07) is 1.87. The van der Waals surface area contributed by atoms with Gasteiger partial charge in [0.2, 0.25) is 5.88 Å². The van der Waals surface area contributed by atoms with E-state index in [1.807, 2.05) is 33.8 Å². The molecule has 6 heteroatoms. The summed E-state index contributed by atoms with van der Waals surface area (Å²) >= 11 is 0. The van der Waals surface area contributed by atoms with Gasteiger partial charge in [-0.2, -0.15) is 0 Å². The second-order valence-corrected chi connectivity index (χ2v) is 6.88. The summed E-state index contributed by atoms with van der Waals surface area (Å²) in [7, 11) is 0. The summed E-state index contributed by atoms with van der Waals surface area (Å²) < 4.78 is 16.8. The zero-order chi connectivity index (χ0) is 20.1.